The van der Waals surface area contributed by atoms with Gasteiger partial charge in [0.2, 0.25) is 0 Å². The molecule has 1 aromatic carbocycles. The fraction of sp³-hybridized carbons (Fsp3) is 0.538. The summed E-state index contributed by atoms with van der Waals surface area (Å²) in [7, 11) is 0. The fourth-order valence-corrected chi connectivity index (χ4v) is 1.23. The van der Waals surface area contributed by atoms with Crippen molar-refractivity contribution in [2.75, 3.05) is 0 Å². The Balaban J connectivity index is 2.73. The SMILES string of the molecule is CCC(C)(C)Oc1ccc([C@@H](C)N)cc1. The number of nitrogens with two attached hydrogens (primary N) is 1. The van der Waals surface area contributed by atoms with E-state index >= 15 is 0 Å². The minimum Gasteiger partial charge on any atom is -0.488 e. The molecule has 0 aliphatic rings. The van der Waals surface area contributed by atoms with Gasteiger partial charge in [-0.2, -0.15) is 0 Å². The summed E-state index contributed by atoms with van der Waals surface area (Å²) in [6, 6.07) is 8.09. The molecule has 2 N–H and O–H groups in total. The van der Waals surface area contributed by atoms with Gasteiger partial charge < -0.3 is 10.5 Å². The number of hydrogen-bond acceptors (Lipinski definition) is 2. The van der Waals surface area contributed by atoms with Gasteiger partial charge in [-0.05, 0) is 44.9 Å². The molecule has 0 bridgehead atoms. The highest BCUT2D eigenvalue weighted by atomic mass is 16.5. The van der Waals surface area contributed by atoms with Crippen LogP contribution in [0.3, 0.4) is 0 Å². The van der Waals surface area contributed by atoms with Crippen LogP contribution in [0.1, 0.15) is 45.7 Å². The molecule has 0 radical (unpaired) electrons. The van der Waals surface area contributed by atoms with Gasteiger partial charge in [0.05, 0.1) is 0 Å². The van der Waals surface area contributed by atoms with E-state index < -0.39 is 0 Å². The van der Waals surface area contributed by atoms with E-state index in [0.717, 1.165) is 17.7 Å². The lowest BCUT2D eigenvalue weighted by Gasteiger charge is -2.25. The van der Waals surface area contributed by atoms with Crippen LogP contribution in [0.15, 0.2) is 24.3 Å². The summed E-state index contributed by atoms with van der Waals surface area (Å²) in [5.74, 6) is 0.909. The van der Waals surface area contributed by atoms with Crippen molar-refractivity contribution in [3.63, 3.8) is 0 Å². The van der Waals surface area contributed by atoms with Crippen LogP contribution >= 0.6 is 0 Å². The lowest BCUT2D eigenvalue weighted by Crippen LogP contribution is -2.26. The van der Waals surface area contributed by atoms with Crippen LogP contribution in [0.25, 0.3) is 0 Å². The van der Waals surface area contributed by atoms with Gasteiger partial charge in [-0.1, -0.05) is 19.1 Å². The summed E-state index contributed by atoms with van der Waals surface area (Å²) < 4.78 is 5.84. The lowest BCUT2D eigenvalue weighted by atomic mass is 10.1. The highest BCUT2D eigenvalue weighted by Crippen LogP contribution is 2.22. The minimum atomic E-state index is -0.101. The Kier molecular flexibility index (Phi) is 3.75. The number of benzene rings is 1. The maximum atomic E-state index is 5.84. The molecule has 0 spiro atoms. The molecule has 0 aromatic heterocycles. The van der Waals surface area contributed by atoms with Gasteiger partial charge in [-0.25, -0.2) is 0 Å². The second-order valence-electron chi connectivity index (χ2n) is 4.57. The van der Waals surface area contributed by atoms with Crippen molar-refractivity contribution in [1.82, 2.24) is 0 Å². The molecular formula is C13H21NO. The number of ether oxygens (including phenoxy) is 1. The van der Waals surface area contributed by atoms with E-state index in [0.29, 0.717) is 0 Å². The molecule has 0 saturated heterocycles. The average molecular weight is 207 g/mol. The molecule has 0 heterocycles. The molecular weight excluding hydrogens is 186 g/mol. The first-order chi connectivity index (χ1) is 6.94. The Morgan fingerprint density at radius 2 is 1.80 bits per heavy atom. The Morgan fingerprint density at radius 3 is 2.20 bits per heavy atom. The summed E-state index contributed by atoms with van der Waals surface area (Å²) in [4.78, 5) is 0. The zero-order chi connectivity index (χ0) is 11.5. The van der Waals surface area contributed by atoms with E-state index in [1.54, 1.807) is 0 Å². The van der Waals surface area contributed by atoms with Crippen molar-refractivity contribution >= 4 is 0 Å². The Hall–Kier alpha value is -1.02. The van der Waals surface area contributed by atoms with E-state index in [9.17, 15) is 0 Å². The summed E-state index contributed by atoms with van der Waals surface area (Å²) in [6.07, 6.45) is 0.988. The molecule has 0 aliphatic carbocycles. The first-order valence-electron chi connectivity index (χ1n) is 5.49. The third-order valence-electron chi connectivity index (χ3n) is 2.65. The smallest absolute Gasteiger partial charge is 0.120 e. The van der Waals surface area contributed by atoms with Crippen molar-refractivity contribution in [2.24, 2.45) is 5.73 Å². The van der Waals surface area contributed by atoms with Gasteiger partial charge in [0.25, 0.3) is 0 Å². The molecule has 0 saturated carbocycles. The topological polar surface area (TPSA) is 35.2 Å². The Morgan fingerprint density at radius 1 is 1.27 bits per heavy atom. The zero-order valence-corrected chi connectivity index (χ0v) is 10.1. The lowest BCUT2D eigenvalue weighted by molar-refractivity contribution is 0.105. The second-order valence-corrected chi connectivity index (χ2v) is 4.57. The van der Waals surface area contributed by atoms with Crippen LogP contribution < -0.4 is 10.5 Å². The first kappa shape index (κ1) is 12.1. The first-order valence-corrected chi connectivity index (χ1v) is 5.49. The maximum absolute atomic E-state index is 5.84. The number of rotatable bonds is 4. The van der Waals surface area contributed by atoms with Crippen LogP contribution in [0.4, 0.5) is 0 Å². The molecule has 0 unspecified atom stereocenters. The van der Waals surface area contributed by atoms with Crippen molar-refractivity contribution < 1.29 is 4.74 Å². The van der Waals surface area contributed by atoms with Crippen LogP contribution in [-0.4, -0.2) is 5.60 Å². The van der Waals surface area contributed by atoms with Crippen LogP contribution in [0.2, 0.25) is 0 Å². The molecule has 1 aromatic rings. The highest BCUT2D eigenvalue weighted by Gasteiger charge is 2.16. The predicted molar refractivity (Wildman–Crippen MR) is 64.0 cm³/mol. The Labute approximate surface area is 92.4 Å². The Bertz CT molecular complexity index is 301. The predicted octanol–water partition coefficient (Wildman–Crippen LogP) is 3.27. The average Bonchev–Trinajstić information content (AvgIpc) is 2.18. The summed E-state index contributed by atoms with van der Waals surface area (Å²) in [5, 5.41) is 0. The largest absolute Gasteiger partial charge is 0.488 e. The van der Waals surface area contributed by atoms with E-state index in [2.05, 4.69) is 20.8 Å². The standard InChI is InChI=1S/C13H21NO/c1-5-13(3,4)15-12-8-6-11(7-9-12)10(2)14/h6-10H,5,14H2,1-4H3/t10-/m1/s1. The number of hydrogen-bond donors (Lipinski definition) is 1. The van der Waals surface area contributed by atoms with Gasteiger partial charge in [0.1, 0.15) is 11.4 Å². The maximum Gasteiger partial charge on any atom is 0.120 e. The van der Waals surface area contributed by atoms with Gasteiger partial charge in [-0.15, -0.1) is 0 Å². The molecule has 0 aliphatic heterocycles. The summed E-state index contributed by atoms with van der Waals surface area (Å²) in [5.41, 5.74) is 6.81. The van der Waals surface area contributed by atoms with E-state index in [1.807, 2.05) is 31.2 Å². The molecule has 1 rings (SSSR count). The zero-order valence-electron chi connectivity index (χ0n) is 10.1. The van der Waals surface area contributed by atoms with E-state index in [1.165, 1.54) is 0 Å². The molecule has 84 valence electrons. The van der Waals surface area contributed by atoms with Crippen molar-refractivity contribution in [1.29, 1.82) is 0 Å². The molecule has 1 atom stereocenters. The van der Waals surface area contributed by atoms with Gasteiger partial charge in [0.15, 0.2) is 0 Å². The molecule has 0 amide bonds. The highest BCUT2D eigenvalue weighted by molar-refractivity contribution is 5.29. The minimum absolute atomic E-state index is 0.0817. The van der Waals surface area contributed by atoms with Crippen LogP contribution in [0.5, 0.6) is 5.75 Å². The van der Waals surface area contributed by atoms with Crippen molar-refractivity contribution in [3.8, 4) is 5.75 Å². The van der Waals surface area contributed by atoms with Crippen LogP contribution in [0, 0.1) is 0 Å². The van der Waals surface area contributed by atoms with Gasteiger partial charge in [0, 0.05) is 6.04 Å². The molecule has 15 heavy (non-hydrogen) atoms. The summed E-state index contributed by atoms with van der Waals surface area (Å²) >= 11 is 0. The third-order valence-corrected chi connectivity index (χ3v) is 2.65. The van der Waals surface area contributed by atoms with Gasteiger partial charge >= 0.3 is 0 Å². The quantitative estimate of drug-likeness (QED) is 0.822. The van der Waals surface area contributed by atoms with Crippen molar-refractivity contribution in [3.05, 3.63) is 29.8 Å². The van der Waals surface area contributed by atoms with E-state index in [-0.39, 0.29) is 11.6 Å². The fourth-order valence-electron chi connectivity index (χ4n) is 1.23. The van der Waals surface area contributed by atoms with Crippen LogP contribution in [-0.2, 0) is 0 Å². The van der Waals surface area contributed by atoms with E-state index in [4.69, 9.17) is 10.5 Å². The third kappa shape index (κ3) is 3.56. The summed E-state index contributed by atoms with van der Waals surface area (Å²) in [6.45, 7) is 8.28. The molecule has 0 fully saturated rings. The normalized spacial score (nSPS) is 13.7. The van der Waals surface area contributed by atoms with Crippen molar-refractivity contribution in [2.45, 2.75) is 45.8 Å². The van der Waals surface area contributed by atoms with Gasteiger partial charge in [-0.3, -0.25) is 0 Å². The monoisotopic (exact) mass is 207 g/mol. The molecule has 2 heteroatoms. The second kappa shape index (κ2) is 4.67. The molecule has 2 nitrogen and oxygen atoms in total.